The quantitative estimate of drug-likeness (QED) is 0.590. The molecule has 1 saturated carbocycles. The lowest BCUT2D eigenvalue weighted by Gasteiger charge is -2.08. The van der Waals surface area contributed by atoms with Crippen LogP contribution in [0, 0.1) is 6.92 Å². The third kappa shape index (κ3) is 5.55. The summed E-state index contributed by atoms with van der Waals surface area (Å²) in [6.07, 6.45) is 2.19. The van der Waals surface area contributed by atoms with E-state index >= 15 is 0 Å². The van der Waals surface area contributed by atoms with Crippen molar-refractivity contribution in [1.82, 2.24) is 20.2 Å². The van der Waals surface area contributed by atoms with Gasteiger partial charge in [0.15, 0.2) is 0 Å². The van der Waals surface area contributed by atoms with E-state index in [0.29, 0.717) is 11.0 Å². The number of aryl methyl sites for hydroxylation is 1. The number of aromatic nitrogens is 2. The molecule has 11 heteroatoms. The number of benzene rings is 1. The number of nitrogens with zero attached hydrogens (tertiary/aromatic N) is 2. The zero-order valence-electron chi connectivity index (χ0n) is 14.6. The molecule has 9 nitrogen and oxygen atoms in total. The molecule has 1 heterocycles. The summed E-state index contributed by atoms with van der Waals surface area (Å²) in [6.45, 7) is 1.09. The van der Waals surface area contributed by atoms with Gasteiger partial charge in [-0.05, 0) is 31.9 Å². The molecule has 3 N–H and O–H groups in total. The smallest absolute Gasteiger partial charge is 0.245 e. The van der Waals surface area contributed by atoms with E-state index in [1.54, 1.807) is 12.1 Å². The van der Waals surface area contributed by atoms with Crippen molar-refractivity contribution in [3.63, 3.8) is 0 Å². The first-order valence-corrected chi connectivity index (χ1v) is 10.6. The number of hydrogen-bond acceptors (Lipinski definition) is 7. The highest BCUT2D eigenvalue weighted by Crippen LogP contribution is 2.41. The monoisotopic (exact) mass is 409 g/mol. The highest BCUT2D eigenvalue weighted by atomic mass is 32.2. The standard InChI is InChI=1S/C16H19N5O4S2/c1-10-2-6-12(7-3-10)27(24,25)18-9-13(22)17-8-14(23)19-16-21-20-15(26-16)11-4-5-11/h2-3,6-7,11,18H,4-5,8-9H2,1H3,(H,17,22)(H,19,21,23). The van der Waals surface area contributed by atoms with Gasteiger partial charge in [-0.3, -0.25) is 14.9 Å². The summed E-state index contributed by atoms with van der Waals surface area (Å²) in [4.78, 5) is 23.7. The van der Waals surface area contributed by atoms with Crippen molar-refractivity contribution >= 4 is 38.3 Å². The number of hydrogen-bond donors (Lipinski definition) is 3. The number of carbonyl (C=O) groups excluding carboxylic acids is 2. The van der Waals surface area contributed by atoms with E-state index < -0.39 is 28.4 Å². The van der Waals surface area contributed by atoms with Gasteiger partial charge in [0, 0.05) is 5.92 Å². The van der Waals surface area contributed by atoms with E-state index in [1.807, 2.05) is 6.92 Å². The Morgan fingerprint density at radius 3 is 2.48 bits per heavy atom. The Bertz CT molecular complexity index is 936. The van der Waals surface area contributed by atoms with Gasteiger partial charge in [-0.25, -0.2) is 13.1 Å². The van der Waals surface area contributed by atoms with Crippen LogP contribution in [0.3, 0.4) is 0 Å². The third-order valence-electron chi connectivity index (χ3n) is 3.81. The second-order valence-corrected chi connectivity index (χ2v) is 8.96. The molecule has 0 atom stereocenters. The summed E-state index contributed by atoms with van der Waals surface area (Å²) >= 11 is 1.32. The van der Waals surface area contributed by atoms with Crippen LogP contribution in [0.15, 0.2) is 29.2 Å². The number of carbonyl (C=O) groups is 2. The molecule has 1 aromatic heterocycles. The van der Waals surface area contributed by atoms with Gasteiger partial charge >= 0.3 is 0 Å². The molecule has 0 saturated heterocycles. The number of amides is 2. The van der Waals surface area contributed by atoms with Crippen molar-refractivity contribution in [2.24, 2.45) is 0 Å². The van der Waals surface area contributed by atoms with Crippen molar-refractivity contribution in [2.45, 2.75) is 30.6 Å². The molecular weight excluding hydrogens is 390 g/mol. The van der Waals surface area contributed by atoms with E-state index in [9.17, 15) is 18.0 Å². The summed E-state index contributed by atoms with van der Waals surface area (Å²) < 4.78 is 26.4. The summed E-state index contributed by atoms with van der Waals surface area (Å²) in [5.41, 5.74) is 0.928. The molecule has 2 aromatic rings. The Hall–Kier alpha value is -2.37. The van der Waals surface area contributed by atoms with E-state index in [4.69, 9.17) is 0 Å². The van der Waals surface area contributed by atoms with Crippen LogP contribution in [0.4, 0.5) is 5.13 Å². The number of anilines is 1. The average molecular weight is 409 g/mol. The Kier molecular flexibility index (Phi) is 5.82. The Balaban J connectivity index is 1.42. The Morgan fingerprint density at radius 1 is 1.11 bits per heavy atom. The molecule has 0 radical (unpaired) electrons. The first-order chi connectivity index (χ1) is 12.8. The molecule has 3 rings (SSSR count). The van der Waals surface area contributed by atoms with Gasteiger partial charge in [0.25, 0.3) is 0 Å². The van der Waals surface area contributed by atoms with Gasteiger partial charge in [0.05, 0.1) is 18.0 Å². The van der Waals surface area contributed by atoms with E-state index in [-0.39, 0.29) is 11.4 Å². The zero-order valence-corrected chi connectivity index (χ0v) is 16.2. The lowest BCUT2D eigenvalue weighted by molar-refractivity contribution is -0.123. The minimum atomic E-state index is -3.79. The molecule has 0 aliphatic heterocycles. The van der Waals surface area contributed by atoms with Crippen LogP contribution in [0.2, 0.25) is 0 Å². The Morgan fingerprint density at radius 2 is 1.81 bits per heavy atom. The average Bonchev–Trinajstić information content (AvgIpc) is 3.38. The SMILES string of the molecule is Cc1ccc(S(=O)(=O)NCC(=O)NCC(=O)Nc2nnc(C3CC3)s2)cc1. The molecule has 0 spiro atoms. The fourth-order valence-corrected chi connectivity index (χ4v) is 4.06. The van der Waals surface area contributed by atoms with Gasteiger partial charge in [0.1, 0.15) is 5.01 Å². The van der Waals surface area contributed by atoms with E-state index in [1.165, 1.54) is 23.5 Å². The molecule has 144 valence electrons. The maximum atomic E-state index is 12.1. The number of sulfonamides is 1. The summed E-state index contributed by atoms with van der Waals surface area (Å²) in [7, 11) is -3.79. The van der Waals surface area contributed by atoms with Crippen LogP contribution in [-0.2, 0) is 19.6 Å². The minimum absolute atomic E-state index is 0.0707. The van der Waals surface area contributed by atoms with Gasteiger partial charge in [-0.15, -0.1) is 10.2 Å². The summed E-state index contributed by atoms with van der Waals surface area (Å²) in [5, 5.41) is 14.1. The topological polar surface area (TPSA) is 130 Å². The molecule has 1 aromatic carbocycles. The fourth-order valence-electron chi connectivity index (χ4n) is 2.15. The Labute approximate surface area is 160 Å². The first-order valence-electron chi connectivity index (χ1n) is 8.30. The van der Waals surface area contributed by atoms with Crippen molar-refractivity contribution in [2.75, 3.05) is 18.4 Å². The van der Waals surface area contributed by atoms with Crippen molar-refractivity contribution in [3.05, 3.63) is 34.8 Å². The van der Waals surface area contributed by atoms with Crippen LogP contribution in [0.1, 0.15) is 29.3 Å². The normalized spacial score (nSPS) is 14.0. The molecule has 1 aliphatic rings. The largest absolute Gasteiger partial charge is 0.346 e. The third-order valence-corrected chi connectivity index (χ3v) is 6.23. The molecule has 27 heavy (non-hydrogen) atoms. The van der Waals surface area contributed by atoms with Crippen LogP contribution in [0.25, 0.3) is 0 Å². The lowest BCUT2D eigenvalue weighted by atomic mass is 10.2. The second kappa shape index (κ2) is 8.11. The highest BCUT2D eigenvalue weighted by molar-refractivity contribution is 7.89. The highest BCUT2D eigenvalue weighted by Gasteiger charge is 2.27. The predicted molar refractivity (Wildman–Crippen MR) is 99.9 cm³/mol. The lowest BCUT2D eigenvalue weighted by Crippen LogP contribution is -2.40. The van der Waals surface area contributed by atoms with E-state index in [2.05, 4.69) is 25.6 Å². The maximum Gasteiger partial charge on any atom is 0.245 e. The van der Waals surface area contributed by atoms with Crippen molar-refractivity contribution in [1.29, 1.82) is 0 Å². The van der Waals surface area contributed by atoms with Crippen LogP contribution >= 0.6 is 11.3 Å². The molecule has 0 bridgehead atoms. The number of rotatable bonds is 8. The molecule has 0 unspecified atom stereocenters. The van der Waals surface area contributed by atoms with Crippen LogP contribution < -0.4 is 15.4 Å². The molecule has 1 aliphatic carbocycles. The summed E-state index contributed by atoms with van der Waals surface area (Å²) in [5.74, 6) is -0.616. The zero-order chi connectivity index (χ0) is 19.4. The summed E-state index contributed by atoms with van der Waals surface area (Å²) in [6, 6.07) is 6.25. The van der Waals surface area contributed by atoms with Gasteiger partial charge < -0.3 is 5.32 Å². The minimum Gasteiger partial charge on any atom is -0.346 e. The van der Waals surface area contributed by atoms with Gasteiger partial charge in [-0.1, -0.05) is 29.0 Å². The van der Waals surface area contributed by atoms with E-state index in [0.717, 1.165) is 23.4 Å². The number of nitrogens with one attached hydrogen (secondary N) is 3. The van der Waals surface area contributed by atoms with Crippen molar-refractivity contribution < 1.29 is 18.0 Å². The molecule has 1 fully saturated rings. The predicted octanol–water partition coefficient (Wildman–Crippen LogP) is 0.757. The van der Waals surface area contributed by atoms with Gasteiger partial charge in [-0.2, -0.15) is 0 Å². The second-order valence-electron chi connectivity index (χ2n) is 6.18. The maximum absolute atomic E-state index is 12.1. The van der Waals surface area contributed by atoms with Gasteiger partial charge in [0.2, 0.25) is 27.0 Å². The fraction of sp³-hybridized carbons (Fsp3) is 0.375. The van der Waals surface area contributed by atoms with Crippen molar-refractivity contribution in [3.8, 4) is 0 Å². The van der Waals surface area contributed by atoms with Crippen LogP contribution in [-0.4, -0.2) is 43.5 Å². The first kappa shape index (κ1) is 19.4. The molecular formula is C16H19N5O4S2. The molecule has 2 amide bonds. The van der Waals surface area contributed by atoms with Crippen LogP contribution in [0.5, 0.6) is 0 Å².